The highest BCUT2D eigenvalue weighted by Crippen LogP contribution is 2.32. The number of fused-ring (bicyclic) bond motifs is 3. The first kappa shape index (κ1) is 15.8. The molecule has 1 atom stereocenters. The summed E-state index contributed by atoms with van der Waals surface area (Å²) in [5.41, 5.74) is 3.42. The summed E-state index contributed by atoms with van der Waals surface area (Å²) < 4.78 is 0. The summed E-state index contributed by atoms with van der Waals surface area (Å²) in [5, 5.41) is 6.86. The Kier molecular flexibility index (Phi) is 3.81. The van der Waals surface area contributed by atoms with Crippen LogP contribution in [-0.4, -0.2) is 42.1 Å². The fraction of sp³-hybridized carbons (Fsp3) is 0.211. The van der Waals surface area contributed by atoms with Gasteiger partial charge in [-0.25, -0.2) is 0 Å². The van der Waals surface area contributed by atoms with E-state index in [9.17, 15) is 4.79 Å². The number of amides is 1. The molecular weight excluding hydrogens is 336 g/mol. The van der Waals surface area contributed by atoms with Gasteiger partial charge in [-0.3, -0.25) is 19.7 Å². The number of carbonyl (C=O) groups excluding carboxylic acids is 1. The number of carbonyl (C=O) groups is 1. The molecule has 2 aromatic rings. The third-order valence-corrected chi connectivity index (χ3v) is 4.79. The van der Waals surface area contributed by atoms with Crippen molar-refractivity contribution in [1.82, 2.24) is 5.01 Å². The van der Waals surface area contributed by atoms with Gasteiger partial charge in [0.2, 0.25) is 0 Å². The van der Waals surface area contributed by atoms with E-state index in [0.29, 0.717) is 17.4 Å². The molecule has 4 rings (SSSR count). The number of aliphatic imine (C=N–C) groups is 1. The maximum Gasteiger partial charge on any atom is 0.256 e. The van der Waals surface area contributed by atoms with Gasteiger partial charge in [-0.15, -0.1) is 0 Å². The van der Waals surface area contributed by atoms with Crippen LogP contribution in [0, 0.1) is 0 Å². The number of likely N-dealkylation sites (N-methyl/N-ethyl adjacent to an activating group) is 1. The topological polar surface area (TPSA) is 48.3 Å². The van der Waals surface area contributed by atoms with Crippen LogP contribution in [0.2, 0.25) is 5.02 Å². The molecule has 5 nitrogen and oxygen atoms in total. The Morgan fingerprint density at radius 1 is 1.16 bits per heavy atom. The number of benzene rings is 2. The van der Waals surface area contributed by atoms with Gasteiger partial charge < -0.3 is 0 Å². The monoisotopic (exact) mass is 352 g/mol. The highest BCUT2D eigenvalue weighted by molar-refractivity contribution is 6.33. The molecule has 0 aliphatic carbocycles. The summed E-state index contributed by atoms with van der Waals surface area (Å²) in [7, 11) is 1.81. The first-order valence-corrected chi connectivity index (χ1v) is 8.48. The quantitative estimate of drug-likeness (QED) is 0.791. The smallest absolute Gasteiger partial charge is 0.256 e. The molecule has 0 fully saturated rings. The van der Waals surface area contributed by atoms with E-state index in [1.54, 1.807) is 16.0 Å². The largest absolute Gasteiger partial charge is 0.286 e. The van der Waals surface area contributed by atoms with Crippen molar-refractivity contribution in [1.29, 1.82) is 0 Å². The molecule has 6 heteroatoms. The number of amidine groups is 1. The van der Waals surface area contributed by atoms with Gasteiger partial charge in [0.15, 0.2) is 5.84 Å². The lowest BCUT2D eigenvalue weighted by Gasteiger charge is -2.35. The van der Waals surface area contributed by atoms with Crippen molar-refractivity contribution in [3.63, 3.8) is 0 Å². The van der Waals surface area contributed by atoms with Gasteiger partial charge in [0.25, 0.3) is 5.91 Å². The predicted molar refractivity (Wildman–Crippen MR) is 101 cm³/mol. The van der Waals surface area contributed by atoms with Crippen LogP contribution >= 0.6 is 11.6 Å². The van der Waals surface area contributed by atoms with Crippen LogP contribution in [0.4, 0.5) is 5.69 Å². The van der Waals surface area contributed by atoms with Crippen molar-refractivity contribution >= 4 is 34.7 Å². The van der Waals surface area contributed by atoms with Gasteiger partial charge in [0.1, 0.15) is 12.6 Å². The van der Waals surface area contributed by atoms with Gasteiger partial charge in [0, 0.05) is 23.2 Å². The van der Waals surface area contributed by atoms with E-state index in [-0.39, 0.29) is 11.9 Å². The second-order valence-corrected chi connectivity index (χ2v) is 6.57. The Morgan fingerprint density at radius 3 is 2.68 bits per heavy atom. The molecule has 0 spiro atoms. The highest BCUT2D eigenvalue weighted by atomic mass is 35.5. The maximum atomic E-state index is 12.9. The fourth-order valence-electron chi connectivity index (χ4n) is 3.12. The number of hydrazone groups is 1. The van der Waals surface area contributed by atoms with Crippen LogP contribution in [0.3, 0.4) is 0 Å². The lowest BCUT2D eigenvalue weighted by atomic mass is 10.00. The van der Waals surface area contributed by atoms with Crippen LogP contribution < -0.4 is 4.90 Å². The maximum absolute atomic E-state index is 12.9. The first-order chi connectivity index (χ1) is 12.1. The van der Waals surface area contributed by atoms with Crippen LogP contribution in [0.25, 0.3) is 0 Å². The van der Waals surface area contributed by atoms with Crippen molar-refractivity contribution in [3.8, 4) is 0 Å². The Morgan fingerprint density at radius 2 is 1.92 bits per heavy atom. The minimum absolute atomic E-state index is 0.0133. The van der Waals surface area contributed by atoms with Gasteiger partial charge >= 0.3 is 0 Å². The number of hydrogen-bond acceptors (Lipinski definition) is 4. The zero-order valence-electron chi connectivity index (χ0n) is 14.0. The summed E-state index contributed by atoms with van der Waals surface area (Å²) in [4.78, 5) is 19.4. The molecule has 0 bridgehead atoms. The number of halogens is 1. The zero-order chi connectivity index (χ0) is 17.6. The third-order valence-electron chi connectivity index (χ3n) is 4.55. The van der Waals surface area contributed by atoms with E-state index in [2.05, 4.69) is 5.10 Å². The number of rotatable bonds is 1. The molecule has 2 aliphatic heterocycles. The van der Waals surface area contributed by atoms with Crippen molar-refractivity contribution in [2.45, 2.75) is 13.0 Å². The van der Waals surface area contributed by atoms with Crippen LogP contribution in [0.5, 0.6) is 0 Å². The minimum atomic E-state index is -0.328. The molecule has 2 aliphatic rings. The molecule has 0 aromatic heterocycles. The van der Waals surface area contributed by atoms with Crippen molar-refractivity contribution < 1.29 is 4.79 Å². The Labute approximate surface area is 151 Å². The van der Waals surface area contributed by atoms with Gasteiger partial charge in [-0.2, -0.15) is 5.10 Å². The van der Waals surface area contributed by atoms with Crippen LogP contribution in [0.15, 0.2) is 58.6 Å². The summed E-state index contributed by atoms with van der Waals surface area (Å²) in [6.45, 7) is 2.18. The van der Waals surface area contributed by atoms with E-state index in [4.69, 9.17) is 16.6 Å². The molecule has 0 saturated carbocycles. The minimum Gasteiger partial charge on any atom is -0.286 e. The Bertz CT molecular complexity index is 907. The van der Waals surface area contributed by atoms with E-state index in [1.807, 2.05) is 56.4 Å². The number of anilines is 1. The number of hydrogen-bond donors (Lipinski definition) is 0. The molecular formula is C19H17ClN4O. The Hall–Kier alpha value is -2.66. The van der Waals surface area contributed by atoms with Crippen LogP contribution in [0.1, 0.15) is 18.1 Å². The summed E-state index contributed by atoms with van der Waals surface area (Å²) in [5.74, 6) is 0.612. The van der Waals surface area contributed by atoms with Crippen molar-refractivity contribution in [2.75, 3.05) is 18.5 Å². The zero-order valence-corrected chi connectivity index (χ0v) is 14.7. The lowest BCUT2D eigenvalue weighted by Crippen LogP contribution is -2.53. The van der Waals surface area contributed by atoms with E-state index < -0.39 is 0 Å². The fourth-order valence-corrected chi connectivity index (χ4v) is 3.29. The van der Waals surface area contributed by atoms with Gasteiger partial charge in [0.05, 0.1) is 11.4 Å². The third kappa shape index (κ3) is 2.61. The second kappa shape index (κ2) is 6.01. The van der Waals surface area contributed by atoms with Crippen LogP contribution in [-0.2, 0) is 4.79 Å². The highest BCUT2D eigenvalue weighted by Gasteiger charge is 2.36. The molecule has 126 valence electrons. The Balaban J connectivity index is 1.95. The van der Waals surface area contributed by atoms with Gasteiger partial charge in [-0.05, 0) is 25.1 Å². The normalized spacial score (nSPS) is 19.6. The summed E-state index contributed by atoms with van der Waals surface area (Å²) >= 11 is 6.25. The second-order valence-electron chi connectivity index (χ2n) is 6.13. The molecule has 0 N–H and O–H groups in total. The summed E-state index contributed by atoms with van der Waals surface area (Å²) in [6.07, 6.45) is 0. The molecule has 0 saturated heterocycles. The average molecular weight is 353 g/mol. The van der Waals surface area contributed by atoms with Crippen molar-refractivity contribution in [3.05, 3.63) is 64.7 Å². The standard InChI is InChI=1S/C19H17ClN4O/c1-12-19(25)24-16-9-8-14(20)10-15(16)18(13-6-4-3-5-7-13)21-11-17(24)22-23(12)2/h3-10,12H,11H2,1-2H3. The molecule has 0 radical (unpaired) electrons. The predicted octanol–water partition coefficient (Wildman–Crippen LogP) is 3.17. The van der Waals surface area contributed by atoms with Crippen molar-refractivity contribution in [2.24, 2.45) is 10.1 Å². The molecule has 2 aromatic carbocycles. The number of nitrogens with zero attached hydrogens (tertiary/aromatic N) is 4. The summed E-state index contributed by atoms with van der Waals surface area (Å²) in [6, 6.07) is 15.1. The van der Waals surface area contributed by atoms with E-state index >= 15 is 0 Å². The average Bonchev–Trinajstić information content (AvgIpc) is 2.77. The van der Waals surface area contributed by atoms with E-state index in [1.165, 1.54) is 0 Å². The lowest BCUT2D eigenvalue weighted by molar-refractivity contribution is -0.122. The SMILES string of the molecule is CC1C(=O)N2C(=NN1C)CN=C(c1ccccc1)c1cc(Cl)ccc12. The van der Waals surface area contributed by atoms with Gasteiger partial charge in [-0.1, -0.05) is 41.9 Å². The first-order valence-electron chi connectivity index (χ1n) is 8.10. The van der Waals surface area contributed by atoms with E-state index in [0.717, 1.165) is 22.5 Å². The molecule has 2 heterocycles. The molecule has 1 amide bonds. The molecule has 1 unspecified atom stereocenters. The molecule has 25 heavy (non-hydrogen) atoms.